The summed E-state index contributed by atoms with van der Waals surface area (Å²) in [4.78, 5) is 22.6. The molecule has 0 aliphatic heterocycles. The average Bonchev–Trinajstić information content (AvgIpc) is 2.55. The highest BCUT2D eigenvalue weighted by atomic mass is 16.2. The molecular weight excluding hydrogens is 210 g/mol. The van der Waals surface area contributed by atoms with Crippen LogP contribution in [0.2, 0.25) is 0 Å². The second-order valence-electron chi connectivity index (χ2n) is 3.24. The average molecular weight is 225 g/mol. The number of anilines is 1. The van der Waals surface area contributed by atoms with E-state index in [-0.39, 0.29) is 23.8 Å². The lowest BCUT2D eigenvalue weighted by Gasteiger charge is -2.03. The summed E-state index contributed by atoms with van der Waals surface area (Å²) in [6.07, 6.45) is 1.53. The molecule has 0 atom stereocenters. The zero-order chi connectivity index (χ0) is 12.1. The molecule has 0 radical (unpaired) electrons. The molecule has 88 valence electrons. The third-order valence-corrected chi connectivity index (χ3v) is 1.86. The summed E-state index contributed by atoms with van der Waals surface area (Å²) in [5.41, 5.74) is 5.98. The number of hydrogen-bond acceptors (Lipinski definition) is 4. The molecule has 0 saturated carbocycles. The molecule has 0 saturated heterocycles. The molecular formula is C9H15N5O2. The molecule has 0 aliphatic rings. The number of hydrogen-bond donors (Lipinski definition) is 3. The van der Waals surface area contributed by atoms with Crippen molar-refractivity contribution in [2.45, 2.75) is 6.92 Å². The van der Waals surface area contributed by atoms with Gasteiger partial charge in [-0.25, -0.2) is 0 Å². The van der Waals surface area contributed by atoms with E-state index < -0.39 is 5.91 Å². The number of rotatable bonds is 4. The van der Waals surface area contributed by atoms with Crippen LogP contribution in [0.25, 0.3) is 0 Å². The predicted octanol–water partition coefficient (Wildman–Crippen LogP) is -1.13. The van der Waals surface area contributed by atoms with Gasteiger partial charge in [0, 0.05) is 19.8 Å². The Balaban J connectivity index is 2.53. The van der Waals surface area contributed by atoms with Crippen molar-refractivity contribution >= 4 is 17.5 Å². The first kappa shape index (κ1) is 12.0. The SMILES string of the molecule is CCNC(=O)CNC(=O)c1nn(C)cc1N. The summed E-state index contributed by atoms with van der Waals surface area (Å²) in [6, 6.07) is 0. The lowest BCUT2D eigenvalue weighted by Crippen LogP contribution is -2.37. The van der Waals surface area contributed by atoms with Crippen molar-refractivity contribution in [1.82, 2.24) is 20.4 Å². The summed E-state index contributed by atoms with van der Waals surface area (Å²) >= 11 is 0. The fourth-order valence-corrected chi connectivity index (χ4v) is 1.19. The summed E-state index contributed by atoms with van der Waals surface area (Å²) in [5, 5.41) is 8.87. The van der Waals surface area contributed by atoms with Crippen molar-refractivity contribution in [3.8, 4) is 0 Å². The minimum atomic E-state index is -0.454. The van der Waals surface area contributed by atoms with E-state index in [1.807, 2.05) is 0 Å². The Hall–Kier alpha value is -2.05. The van der Waals surface area contributed by atoms with Crippen LogP contribution in [0.1, 0.15) is 17.4 Å². The highest BCUT2D eigenvalue weighted by Crippen LogP contribution is 2.06. The van der Waals surface area contributed by atoms with E-state index in [0.29, 0.717) is 6.54 Å². The molecule has 1 heterocycles. The first-order valence-corrected chi connectivity index (χ1v) is 4.88. The smallest absolute Gasteiger partial charge is 0.274 e. The van der Waals surface area contributed by atoms with Crippen molar-refractivity contribution in [3.05, 3.63) is 11.9 Å². The highest BCUT2D eigenvalue weighted by Gasteiger charge is 2.14. The van der Waals surface area contributed by atoms with Gasteiger partial charge in [-0.1, -0.05) is 0 Å². The minimum Gasteiger partial charge on any atom is -0.396 e. The quantitative estimate of drug-likeness (QED) is 0.603. The maximum Gasteiger partial charge on any atom is 0.274 e. The van der Waals surface area contributed by atoms with Crippen LogP contribution < -0.4 is 16.4 Å². The van der Waals surface area contributed by atoms with Gasteiger partial charge >= 0.3 is 0 Å². The second-order valence-corrected chi connectivity index (χ2v) is 3.24. The number of nitrogens with two attached hydrogens (primary N) is 1. The van der Waals surface area contributed by atoms with Gasteiger partial charge in [0.25, 0.3) is 5.91 Å². The number of nitrogen functional groups attached to an aromatic ring is 1. The van der Waals surface area contributed by atoms with E-state index >= 15 is 0 Å². The number of aryl methyl sites for hydroxylation is 1. The number of aromatic nitrogens is 2. The molecule has 0 aliphatic carbocycles. The Morgan fingerprint density at radius 1 is 1.50 bits per heavy atom. The van der Waals surface area contributed by atoms with E-state index in [0.717, 1.165) is 0 Å². The van der Waals surface area contributed by atoms with Crippen LogP contribution >= 0.6 is 0 Å². The van der Waals surface area contributed by atoms with Crippen LogP contribution in [0.15, 0.2) is 6.20 Å². The third-order valence-electron chi connectivity index (χ3n) is 1.86. The molecule has 0 aromatic carbocycles. The molecule has 1 aromatic heterocycles. The molecule has 7 nitrogen and oxygen atoms in total. The second kappa shape index (κ2) is 5.15. The number of likely N-dealkylation sites (N-methyl/N-ethyl adjacent to an activating group) is 1. The number of carbonyl (C=O) groups is 2. The van der Waals surface area contributed by atoms with Crippen LogP contribution in [0.4, 0.5) is 5.69 Å². The molecule has 1 aromatic rings. The van der Waals surface area contributed by atoms with E-state index in [4.69, 9.17) is 5.73 Å². The van der Waals surface area contributed by atoms with Crippen LogP contribution in [-0.2, 0) is 11.8 Å². The van der Waals surface area contributed by atoms with Crippen molar-refractivity contribution < 1.29 is 9.59 Å². The maximum atomic E-state index is 11.5. The molecule has 7 heteroatoms. The number of carbonyl (C=O) groups excluding carboxylic acids is 2. The summed E-state index contributed by atoms with van der Waals surface area (Å²) in [6.45, 7) is 2.25. The van der Waals surface area contributed by atoms with Gasteiger partial charge in [0.15, 0.2) is 5.69 Å². The number of amides is 2. The Morgan fingerprint density at radius 2 is 2.19 bits per heavy atom. The molecule has 0 bridgehead atoms. The van der Waals surface area contributed by atoms with Gasteiger partial charge in [-0.3, -0.25) is 14.3 Å². The molecule has 4 N–H and O–H groups in total. The molecule has 0 fully saturated rings. The Morgan fingerprint density at radius 3 is 2.69 bits per heavy atom. The first-order valence-electron chi connectivity index (χ1n) is 4.88. The zero-order valence-corrected chi connectivity index (χ0v) is 9.28. The summed E-state index contributed by atoms with van der Waals surface area (Å²) in [5.74, 6) is -0.699. The van der Waals surface area contributed by atoms with Gasteiger partial charge in [-0.05, 0) is 6.92 Å². The van der Waals surface area contributed by atoms with Gasteiger partial charge in [-0.15, -0.1) is 0 Å². The van der Waals surface area contributed by atoms with Crippen molar-refractivity contribution in [2.75, 3.05) is 18.8 Å². The summed E-state index contributed by atoms with van der Waals surface area (Å²) < 4.78 is 1.44. The molecule has 16 heavy (non-hydrogen) atoms. The first-order chi connectivity index (χ1) is 7.54. The Kier molecular flexibility index (Phi) is 3.87. The van der Waals surface area contributed by atoms with Crippen LogP contribution in [-0.4, -0.2) is 34.7 Å². The van der Waals surface area contributed by atoms with Crippen LogP contribution in [0.3, 0.4) is 0 Å². The number of nitrogens with zero attached hydrogens (tertiary/aromatic N) is 2. The van der Waals surface area contributed by atoms with Gasteiger partial charge in [0.1, 0.15) is 0 Å². The fraction of sp³-hybridized carbons (Fsp3) is 0.444. The third kappa shape index (κ3) is 2.97. The lowest BCUT2D eigenvalue weighted by atomic mass is 10.3. The van der Waals surface area contributed by atoms with E-state index in [1.54, 1.807) is 14.0 Å². The molecule has 1 rings (SSSR count). The van der Waals surface area contributed by atoms with Crippen LogP contribution in [0, 0.1) is 0 Å². The van der Waals surface area contributed by atoms with Gasteiger partial charge in [0.2, 0.25) is 5.91 Å². The normalized spacial score (nSPS) is 9.88. The van der Waals surface area contributed by atoms with Crippen molar-refractivity contribution in [1.29, 1.82) is 0 Å². The Labute approximate surface area is 93.0 Å². The monoisotopic (exact) mass is 225 g/mol. The van der Waals surface area contributed by atoms with E-state index in [2.05, 4.69) is 15.7 Å². The van der Waals surface area contributed by atoms with Crippen LogP contribution in [0.5, 0.6) is 0 Å². The Bertz CT molecular complexity index is 399. The fourth-order valence-electron chi connectivity index (χ4n) is 1.19. The zero-order valence-electron chi connectivity index (χ0n) is 9.28. The van der Waals surface area contributed by atoms with Crippen molar-refractivity contribution in [2.24, 2.45) is 7.05 Å². The maximum absolute atomic E-state index is 11.5. The number of nitrogens with one attached hydrogen (secondary N) is 2. The standard InChI is InChI=1S/C9H15N5O2/c1-3-11-7(15)4-12-9(16)8-6(10)5-14(2)13-8/h5H,3-4,10H2,1-2H3,(H,11,15)(H,12,16). The van der Waals surface area contributed by atoms with Crippen molar-refractivity contribution in [3.63, 3.8) is 0 Å². The predicted molar refractivity (Wildman–Crippen MR) is 58.6 cm³/mol. The molecule has 0 spiro atoms. The summed E-state index contributed by atoms with van der Waals surface area (Å²) in [7, 11) is 1.66. The molecule has 0 unspecified atom stereocenters. The highest BCUT2D eigenvalue weighted by molar-refractivity contribution is 5.98. The minimum absolute atomic E-state index is 0.0807. The molecule has 2 amide bonds. The lowest BCUT2D eigenvalue weighted by molar-refractivity contribution is -0.120. The van der Waals surface area contributed by atoms with Gasteiger partial charge < -0.3 is 16.4 Å². The van der Waals surface area contributed by atoms with E-state index in [1.165, 1.54) is 10.9 Å². The van der Waals surface area contributed by atoms with Gasteiger partial charge in [0.05, 0.1) is 12.2 Å². The van der Waals surface area contributed by atoms with E-state index in [9.17, 15) is 9.59 Å². The largest absolute Gasteiger partial charge is 0.396 e. The topological polar surface area (TPSA) is 102 Å². The van der Waals surface area contributed by atoms with Gasteiger partial charge in [-0.2, -0.15) is 5.10 Å².